The summed E-state index contributed by atoms with van der Waals surface area (Å²) in [5.41, 5.74) is 4.89. The largest absolute Gasteiger partial charge is 0.406 e. The van der Waals surface area contributed by atoms with Crippen LogP contribution < -0.4 is 5.73 Å². The van der Waals surface area contributed by atoms with Crippen molar-refractivity contribution in [3.05, 3.63) is 5.69 Å². The van der Waals surface area contributed by atoms with Gasteiger partial charge in [0.1, 0.15) is 6.54 Å². The third-order valence-corrected chi connectivity index (χ3v) is 2.31. The number of nitrogen functional groups attached to an aromatic ring is 1. The first-order valence-electron chi connectivity index (χ1n) is 4.84. The lowest BCUT2D eigenvalue weighted by atomic mass is 10.3. The van der Waals surface area contributed by atoms with E-state index in [1.807, 2.05) is 0 Å². The first-order chi connectivity index (χ1) is 7.88. The van der Waals surface area contributed by atoms with Gasteiger partial charge in [0, 0.05) is 6.04 Å². The molecular weight excluding hydrogens is 241 g/mol. The van der Waals surface area contributed by atoms with E-state index in [1.54, 1.807) is 0 Å². The third kappa shape index (κ3) is 2.66. The van der Waals surface area contributed by atoms with E-state index in [9.17, 15) is 18.0 Å². The van der Waals surface area contributed by atoms with Crippen molar-refractivity contribution < 1.29 is 22.6 Å². The minimum Gasteiger partial charge on any atom is -0.379 e. The van der Waals surface area contributed by atoms with Gasteiger partial charge in [-0.05, 0) is 23.2 Å². The number of carbonyl (C=O) groups excluding carboxylic acids is 1. The Balaban J connectivity index is 2.17. The van der Waals surface area contributed by atoms with Crippen molar-refractivity contribution in [1.29, 1.82) is 0 Å². The van der Waals surface area contributed by atoms with Crippen molar-refractivity contribution in [2.75, 3.05) is 12.3 Å². The molecule has 0 bridgehead atoms. The van der Waals surface area contributed by atoms with Crippen molar-refractivity contribution in [3.63, 3.8) is 0 Å². The molecule has 1 aliphatic rings. The van der Waals surface area contributed by atoms with Crippen LogP contribution in [0.5, 0.6) is 0 Å². The van der Waals surface area contributed by atoms with E-state index >= 15 is 0 Å². The number of alkyl halides is 3. The van der Waals surface area contributed by atoms with Crippen LogP contribution in [0.4, 0.5) is 19.0 Å². The van der Waals surface area contributed by atoms with E-state index in [0.29, 0.717) is 17.7 Å². The topological polar surface area (TPSA) is 85.2 Å². The minimum atomic E-state index is -4.45. The first kappa shape index (κ1) is 11.7. The molecule has 0 unspecified atom stereocenters. The molecule has 0 radical (unpaired) electrons. The normalized spacial score (nSPS) is 15.9. The van der Waals surface area contributed by atoms with Crippen LogP contribution in [0.2, 0.25) is 0 Å². The predicted molar refractivity (Wildman–Crippen MR) is 48.8 cm³/mol. The summed E-state index contributed by atoms with van der Waals surface area (Å²) in [4.78, 5) is 12.5. The van der Waals surface area contributed by atoms with E-state index in [1.165, 1.54) is 0 Å². The quantitative estimate of drug-likeness (QED) is 0.858. The van der Waals surface area contributed by atoms with Gasteiger partial charge in [-0.15, -0.1) is 0 Å². The molecule has 2 N–H and O–H groups in total. The number of carbonyl (C=O) groups is 1. The Bertz CT molecular complexity index is 427. The molecule has 9 heteroatoms. The van der Waals surface area contributed by atoms with E-state index < -0.39 is 24.7 Å². The molecule has 1 aromatic heterocycles. The highest BCUT2D eigenvalue weighted by Crippen LogP contribution is 2.31. The molecule has 0 aromatic carbocycles. The molecule has 6 nitrogen and oxygen atoms in total. The molecule has 0 atom stereocenters. The van der Waals surface area contributed by atoms with E-state index in [2.05, 4.69) is 14.9 Å². The lowest BCUT2D eigenvalue weighted by Crippen LogP contribution is -2.40. The fourth-order valence-electron chi connectivity index (χ4n) is 1.43. The van der Waals surface area contributed by atoms with Gasteiger partial charge in [-0.3, -0.25) is 4.79 Å². The molecule has 1 aliphatic carbocycles. The van der Waals surface area contributed by atoms with Gasteiger partial charge < -0.3 is 10.6 Å². The fraction of sp³-hybridized carbons (Fsp3) is 0.625. The monoisotopic (exact) mass is 250 g/mol. The van der Waals surface area contributed by atoms with Crippen molar-refractivity contribution in [3.8, 4) is 0 Å². The Kier molecular flexibility index (Phi) is 2.68. The highest BCUT2D eigenvalue weighted by Gasteiger charge is 2.42. The second kappa shape index (κ2) is 3.90. The smallest absolute Gasteiger partial charge is 0.379 e. The van der Waals surface area contributed by atoms with Crippen LogP contribution in [-0.4, -0.2) is 39.9 Å². The van der Waals surface area contributed by atoms with Gasteiger partial charge in [0.15, 0.2) is 0 Å². The summed E-state index contributed by atoms with van der Waals surface area (Å²) in [6, 6.07) is -0.403. The molecule has 0 spiro atoms. The summed E-state index contributed by atoms with van der Waals surface area (Å²) in [6.45, 7) is -1.32. The summed E-state index contributed by atoms with van der Waals surface area (Å²) in [6.07, 6.45) is -3.36. The molecule has 94 valence electrons. The molecule has 1 heterocycles. The van der Waals surface area contributed by atoms with Crippen molar-refractivity contribution >= 4 is 11.7 Å². The zero-order chi connectivity index (χ0) is 12.6. The third-order valence-electron chi connectivity index (χ3n) is 2.31. The Hall–Kier alpha value is -1.80. The number of hydrogen-bond acceptors (Lipinski definition) is 5. The number of nitrogens with two attached hydrogens (primary N) is 1. The zero-order valence-corrected chi connectivity index (χ0v) is 8.57. The summed E-state index contributed by atoms with van der Waals surface area (Å²) in [5, 5.41) is 6.37. The van der Waals surface area contributed by atoms with Crippen LogP contribution in [0.3, 0.4) is 0 Å². The maximum absolute atomic E-state index is 12.3. The van der Waals surface area contributed by atoms with Crippen LogP contribution in [0, 0.1) is 0 Å². The average Bonchev–Trinajstić information content (AvgIpc) is 2.96. The SMILES string of the molecule is Nc1nonc1C(=O)N(CC(F)(F)F)C1CC1. The second-order valence-corrected chi connectivity index (χ2v) is 3.78. The summed E-state index contributed by atoms with van der Waals surface area (Å²) >= 11 is 0. The Morgan fingerprint density at radius 1 is 1.47 bits per heavy atom. The highest BCUT2D eigenvalue weighted by atomic mass is 19.4. The number of nitrogens with zero attached hydrogens (tertiary/aromatic N) is 3. The predicted octanol–water partition coefficient (Wildman–Crippen LogP) is 0.819. The molecule has 1 fully saturated rings. The minimum absolute atomic E-state index is 0.303. The van der Waals surface area contributed by atoms with E-state index in [-0.39, 0.29) is 11.5 Å². The van der Waals surface area contributed by atoms with E-state index in [4.69, 9.17) is 5.73 Å². The fourth-order valence-corrected chi connectivity index (χ4v) is 1.43. The molecule has 1 saturated carbocycles. The molecular formula is C8H9F3N4O2. The maximum atomic E-state index is 12.3. The van der Waals surface area contributed by atoms with Crippen molar-refractivity contribution in [2.45, 2.75) is 25.1 Å². The van der Waals surface area contributed by atoms with Crippen molar-refractivity contribution in [1.82, 2.24) is 15.2 Å². The van der Waals surface area contributed by atoms with Gasteiger partial charge in [-0.1, -0.05) is 0 Å². The maximum Gasteiger partial charge on any atom is 0.406 e. The molecule has 2 rings (SSSR count). The van der Waals surface area contributed by atoms with Crippen LogP contribution >= 0.6 is 0 Å². The number of halogens is 3. The van der Waals surface area contributed by atoms with Gasteiger partial charge in [0.25, 0.3) is 5.91 Å². The van der Waals surface area contributed by atoms with Gasteiger partial charge in [-0.2, -0.15) is 13.2 Å². The number of hydrogen-bond donors (Lipinski definition) is 1. The average molecular weight is 250 g/mol. The van der Waals surface area contributed by atoms with Crippen LogP contribution in [0.25, 0.3) is 0 Å². The lowest BCUT2D eigenvalue weighted by Gasteiger charge is -2.22. The number of anilines is 1. The number of amides is 1. The van der Waals surface area contributed by atoms with E-state index in [0.717, 1.165) is 0 Å². The number of aromatic nitrogens is 2. The highest BCUT2D eigenvalue weighted by molar-refractivity contribution is 5.96. The first-order valence-corrected chi connectivity index (χ1v) is 4.84. The standard InChI is InChI=1S/C8H9F3N4O2/c9-8(10,11)3-15(4-1-2-4)7(16)5-6(12)14-17-13-5/h4H,1-3H2,(H2,12,14). The molecule has 1 amide bonds. The van der Waals surface area contributed by atoms with Crippen LogP contribution in [0.1, 0.15) is 23.3 Å². The van der Waals surface area contributed by atoms with Gasteiger partial charge in [0.2, 0.25) is 11.5 Å². The summed E-state index contributed by atoms with van der Waals surface area (Å²) in [7, 11) is 0. The second-order valence-electron chi connectivity index (χ2n) is 3.78. The van der Waals surface area contributed by atoms with Crippen LogP contribution in [0.15, 0.2) is 4.63 Å². The Morgan fingerprint density at radius 2 is 2.12 bits per heavy atom. The van der Waals surface area contributed by atoms with Gasteiger partial charge in [-0.25, -0.2) is 4.63 Å². The molecule has 0 aliphatic heterocycles. The van der Waals surface area contributed by atoms with Crippen molar-refractivity contribution in [2.24, 2.45) is 0 Å². The van der Waals surface area contributed by atoms with Gasteiger partial charge >= 0.3 is 6.18 Å². The summed E-state index contributed by atoms with van der Waals surface area (Å²) in [5.74, 6) is -1.20. The number of rotatable bonds is 3. The molecule has 1 aromatic rings. The Labute approximate surface area is 93.5 Å². The molecule has 17 heavy (non-hydrogen) atoms. The zero-order valence-electron chi connectivity index (χ0n) is 8.57. The molecule has 0 saturated heterocycles. The Morgan fingerprint density at radius 3 is 2.53 bits per heavy atom. The van der Waals surface area contributed by atoms with Crippen LogP contribution in [-0.2, 0) is 0 Å². The summed E-state index contributed by atoms with van der Waals surface area (Å²) < 4.78 is 41.1. The lowest BCUT2D eigenvalue weighted by molar-refractivity contribution is -0.141. The van der Waals surface area contributed by atoms with Gasteiger partial charge in [0.05, 0.1) is 0 Å².